The van der Waals surface area contributed by atoms with E-state index < -0.39 is 0 Å². The third kappa shape index (κ3) is 2.16. The quantitative estimate of drug-likeness (QED) is 0.776. The van der Waals surface area contributed by atoms with Crippen LogP contribution < -0.4 is 0 Å². The van der Waals surface area contributed by atoms with E-state index in [0.29, 0.717) is 0 Å². The summed E-state index contributed by atoms with van der Waals surface area (Å²) in [7, 11) is 0. The van der Waals surface area contributed by atoms with Crippen molar-refractivity contribution in [3.63, 3.8) is 0 Å². The molecular weight excluding hydrogens is 172 g/mol. The van der Waals surface area contributed by atoms with Crippen LogP contribution >= 0.6 is 0 Å². The second-order valence-corrected chi connectivity index (χ2v) is 4.47. The van der Waals surface area contributed by atoms with Gasteiger partial charge >= 0.3 is 0 Å². The molecule has 0 aliphatic heterocycles. The van der Waals surface area contributed by atoms with Gasteiger partial charge in [0.2, 0.25) is 0 Å². The van der Waals surface area contributed by atoms with Crippen molar-refractivity contribution in [1.82, 2.24) is 0 Å². The number of hydrogen-bond acceptors (Lipinski definition) is 1. The average molecular weight is 190 g/mol. The highest BCUT2D eigenvalue weighted by Crippen LogP contribution is 2.29. The molecule has 1 aromatic carbocycles. The lowest BCUT2D eigenvalue weighted by molar-refractivity contribution is 0.174. The molecule has 1 nitrogen and oxygen atoms in total. The highest BCUT2D eigenvalue weighted by molar-refractivity contribution is 5.31. The van der Waals surface area contributed by atoms with E-state index in [1.54, 1.807) is 0 Å². The second kappa shape index (κ2) is 4.14. The standard InChI is InChI=1S/C13H18O/c1-10(14)6-7-11-8-12-4-2-3-5-13(12)9-11/h2-5,10-11,14H,6-9H2,1H3/t10-/m1/s1. The van der Waals surface area contributed by atoms with Crippen molar-refractivity contribution in [2.75, 3.05) is 0 Å². The monoisotopic (exact) mass is 190 g/mol. The zero-order chi connectivity index (χ0) is 9.97. The first kappa shape index (κ1) is 9.72. The fourth-order valence-corrected chi connectivity index (χ4v) is 2.33. The summed E-state index contributed by atoms with van der Waals surface area (Å²) < 4.78 is 0. The van der Waals surface area contributed by atoms with Crippen molar-refractivity contribution in [1.29, 1.82) is 0 Å². The minimum atomic E-state index is -0.140. The van der Waals surface area contributed by atoms with Gasteiger partial charge in [-0.3, -0.25) is 0 Å². The fourth-order valence-electron chi connectivity index (χ4n) is 2.33. The van der Waals surface area contributed by atoms with E-state index >= 15 is 0 Å². The van der Waals surface area contributed by atoms with Gasteiger partial charge in [0.05, 0.1) is 6.10 Å². The first-order valence-corrected chi connectivity index (χ1v) is 5.50. The maximum absolute atomic E-state index is 9.23. The molecule has 0 amide bonds. The number of aliphatic hydroxyl groups is 1. The van der Waals surface area contributed by atoms with Crippen LogP contribution in [-0.2, 0) is 12.8 Å². The van der Waals surface area contributed by atoms with Crippen LogP contribution in [0.5, 0.6) is 0 Å². The smallest absolute Gasteiger partial charge is 0.0512 e. The molecule has 0 fully saturated rings. The van der Waals surface area contributed by atoms with E-state index in [1.165, 1.54) is 24.0 Å². The Labute approximate surface area is 85.8 Å². The third-order valence-corrected chi connectivity index (χ3v) is 3.13. The summed E-state index contributed by atoms with van der Waals surface area (Å²) in [5.74, 6) is 0.766. The number of hydrogen-bond donors (Lipinski definition) is 1. The molecule has 0 saturated heterocycles. The first-order valence-electron chi connectivity index (χ1n) is 5.50. The Balaban J connectivity index is 1.92. The van der Waals surface area contributed by atoms with Gasteiger partial charge in [-0.25, -0.2) is 0 Å². The summed E-state index contributed by atoms with van der Waals surface area (Å²) >= 11 is 0. The predicted molar refractivity (Wildman–Crippen MR) is 58.3 cm³/mol. The lowest BCUT2D eigenvalue weighted by Gasteiger charge is -2.09. The van der Waals surface area contributed by atoms with Crippen LogP contribution in [-0.4, -0.2) is 11.2 Å². The van der Waals surface area contributed by atoms with Crippen molar-refractivity contribution in [3.05, 3.63) is 35.4 Å². The highest BCUT2D eigenvalue weighted by atomic mass is 16.3. The van der Waals surface area contributed by atoms with Gasteiger partial charge < -0.3 is 5.11 Å². The predicted octanol–water partition coefficient (Wildman–Crippen LogP) is 2.56. The molecule has 1 aliphatic rings. The molecule has 1 N–H and O–H groups in total. The largest absolute Gasteiger partial charge is 0.393 e. The zero-order valence-corrected chi connectivity index (χ0v) is 8.74. The van der Waals surface area contributed by atoms with Gasteiger partial charge in [0.25, 0.3) is 0 Å². The molecule has 0 saturated carbocycles. The molecule has 0 bridgehead atoms. The van der Waals surface area contributed by atoms with Crippen LogP contribution in [0.4, 0.5) is 0 Å². The lowest BCUT2D eigenvalue weighted by Crippen LogP contribution is -2.06. The van der Waals surface area contributed by atoms with E-state index in [1.807, 2.05) is 6.92 Å². The molecule has 0 aromatic heterocycles. The minimum Gasteiger partial charge on any atom is -0.393 e. The van der Waals surface area contributed by atoms with Crippen LogP contribution in [0.1, 0.15) is 30.9 Å². The summed E-state index contributed by atoms with van der Waals surface area (Å²) in [5, 5.41) is 9.23. The molecule has 14 heavy (non-hydrogen) atoms. The summed E-state index contributed by atoms with van der Waals surface area (Å²) in [6, 6.07) is 8.71. The van der Waals surface area contributed by atoms with Gasteiger partial charge in [-0.2, -0.15) is 0 Å². The van der Waals surface area contributed by atoms with Crippen molar-refractivity contribution in [2.45, 2.75) is 38.7 Å². The van der Waals surface area contributed by atoms with E-state index in [9.17, 15) is 5.11 Å². The molecule has 76 valence electrons. The SMILES string of the molecule is C[C@@H](O)CCC1Cc2ccccc2C1. The Morgan fingerprint density at radius 2 is 1.86 bits per heavy atom. The highest BCUT2D eigenvalue weighted by Gasteiger charge is 2.20. The molecule has 0 radical (unpaired) electrons. The molecule has 1 aromatic rings. The maximum atomic E-state index is 9.23. The molecule has 1 heteroatoms. The number of benzene rings is 1. The van der Waals surface area contributed by atoms with Crippen LogP contribution in [0.25, 0.3) is 0 Å². The first-order chi connectivity index (χ1) is 6.75. The normalized spacial score (nSPS) is 18.1. The van der Waals surface area contributed by atoms with Gasteiger partial charge in [-0.05, 0) is 49.7 Å². The number of aliphatic hydroxyl groups excluding tert-OH is 1. The Kier molecular flexibility index (Phi) is 2.87. The maximum Gasteiger partial charge on any atom is 0.0512 e. The van der Waals surface area contributed by atoms with E-state index in [4.69, 9.17) is 0 Å². The Morgan fingerprint density at radius 1 is 1.29 bits per heavy atom. The lowest BCUT2D eigenvalue weighted by atomic mass is 9.98. The fraction of sp³-hybridized carbons (Fsp3) is 0.538. The summed E-state index contributed by atoms with van der Waals surface area (Å²) in [6.45, 7) is 1.88. The molecule has 1 atom stereocenters. The number of rotatable bonds is 3. The molecule has 0 spiro atoms. The van der Waals surface area contributed by atoms with E-state index in [2.05, 4.69) is 24.3 Å². The average Bonchev–Trinajstić information content (AvgIpc) is 2.57. The Hall–Kier alpha value is -0.820. The van der Waals surface area contributed by atoms with Crippen molar-refractivity contribution < 1.29 is 5.11 Å². The third-order valence-electron chi connectivity index (χ3n) is 3.13. The van der Waals surface area contributed by atoms with Crippen LogP contribution in [0.15, 0.2) is 24.3 Å². The molecule has 1 aliphatic carbocycles. The van der Waals surface area contributed by atoms with Crippen molar-refractivity contribution in [2.24, 2.45) is 5.92 Å². The van der Waals surface area contributed by atoms with Gasteiger partial charge in [-0.1, -0.05) is 24.3 Å². The van der Waals surface area contributed by atoms with Gasteiger partial charge in [0.1, 0.15) is 0 Å². The van der Waals surface area contributed by atoms with Gasteiger partial charge in [-0.15, -0.1) is 0 Å². The molecular formula is C13H18O. The van der Waals surface area contributed by atoms with E-state index in [0.717, 1.165) is 18.8 Å². The zero-order valence-electron chi connectivity index (χ0n) is 8.74. The van der Waals surface area contributed by atoms with E-state index in [-0.39, 0.29) is 6.10 Å². The van der Waals surface area contributed by atoms with Crippen molar-refractivity contribution >= 4 is 0 Å². The molecule has 0 unspecified atom stereocenters. The van der Waals surface area contributed by atoms with Crippen LogP contribution in [0.2, 0.25) is 0 Å². The van der Waals surface area contributed by atoms with Crippen LogP contribution in [0.3, 0.4) is 0 Å². The Morgan fingerprint density at radius 3 is 2.36 bits per heavy atom. The molecule has 2 rings (SSSR count). The van der Waals surface area contributed by atoms with Crippen LogP contribution in [0, 0.1) is 5.92 Å². The van der Waals surface area contributed by atoms with Gasteiger partial charge in [0, 0.05) is 0 Å². The minimum absolute atomic E-state index is 0.140. The summed E-state index contributed by atoms with van der Waals surface area (Å²) in [4.78, 5) is 0. The summed E-state index contributed by atoms with van der Waals surface area (Å²) in [5.41, 5.74) is 3.03. The second-order valence-electron chi connectivity index (χ2n) is 4.47. The van der Waals surface area contributed by atoms with Crippen molar-refractivity contribution in [3.8, 4) is 0 Å². The Bertz CT molecular complexity index is 279. The number of fused-ring (bicyclic) bond motifs is 1. The van der Waals surface area contributed by atoms with Gasteiger partial charge in [0.15, 0.2) is 0 Å². The summed E-state index contributed by atoms with van der Waals surface area (Å²) in [6.07, 6.45) is 4.38. The molecule has 0 heterocycles. The topological polar surface area (TPSA) is 20.2 Å².